The van der Waals surface area contributed by atoms with Gasteiger partial charge in [0.2, 0.25) is 0 Å². The fourth-order valence-electron chi connectivity index (χ4n) is 2.04. The van der Waals surface area contributed by atoms with Crippen molar-refractivity contribution in [1.29, 1.82) is 0 Å². The zero-order valence-electron chi connectivity index (χ0n) is 10.3. The molecule has 104 valence electrons. The van der Waals surface area contributed by atoms with Crippen molar-refractivity contribution < 1.29 is 18.7 Å². The molecule has 1 aliphatic rings. The van der Waals surface area contributed by atoms with Crippen LogP contribution in [-0.2, 0) is 9.53 Å². The largest absolute Gasteiger partial charge is 0.485 e. The summed E-state index contributed by atoms with van der Waals surface area (Å²) >= 11 is 8.96. The topological polar surface area (TPSA) is 35.5 Å². The summed E-state index contributed by atoms with van der Waals surface area (Å²) in [4.78, 5) is 11.4. The van der Waals surface area contributed by atoms with Crippen LogP contribution in [0.1, 0.15) is 25.7 Å². The number of benzene rings is 1. The van der Waals surface area contributed by atoms with Gasteiger partial charge in [-0.1, -0.05) is 11.6 Å². The normalized spacial score (nSPS) is 16.6. The molecule has 1 fully saturated rings. The number of carbonyl (C=O) groups is 1. The van der Waals surface area contributed by atoms with Crippen molar-refractivity contribution in [2.24, 2.45) is 0 Å². The van der Waals surface area contributed by atoms with E-state index in [0.29, 0.717) is 10.2 Å². The van der Waals surface area contributed by atoms with Gasteiger partial charge in [-0.3, -0.25) is 4.79 Å². The predicted molar refractivity (Wildman–Crippen MR) is 73.0 cm³/mol. The predicted octanol–water partition coefficient (Wildman–Crippen LogP) is 4.11. The Balaban J connectivity index is 2.19. The van der Waals surface area contributed by atoms with Crippen LogP contribution in [0.15, 0.2) is 16.6 Å². The summed E-state index contributed by atoms with van der Waals surface area (Å²) in [6, 6.07) is 2.67. The summed E-state index contributed by atoms with van der Waals surface area (Å²) in [6.45, 7) is 0. The smallest absolute Gasteiger partial charge is 0.309 e. The summed E-state index contributed by atoms with van der Waals surface area (Å²) in [6.07, 6.45) is 2.64. The number of hydrogen-bond donors (Lipinski definition) is 0. The molecule has 2 rings (SSSR count). The van der Waals surface area contributed by atoms with Crippen LogP contribution in [0.3, 0.4) is 0 Å². The Hall–Kier alpha value is -0.810. The van der Waals surface area contributed by atoms with E-state index in [0.717, 1.165) is 19.3 Å². The average molecular weight is 352 g/mol. The molecular formula is C13H13BrClFO3. The molecule has 0 radical (unpaired) electrons. The SMILES string of the molecule is COC(=O)CC1(Oc2cc(F)c(Cl)cc2Br)CCC1. The molecule has 1 aliphatic carbocycles. The number of methoxy groups -OCH3 is 1. The van der Waals surface area contributed by atoms with Crippen LogP contribution in [0, 0.1) is 5.82 Å². The molecule has 1 aromatic rings. The number of halogens is 3. The molecule has 0 amide bonds. The molecule has 0 atom stereocenters. The number of ether oxygens (including phenoxy) is 2. The van der Waals surface area contributed by atoms with Gasteiger partial charge in [-0.2, -0.15) is 0 Å². The van der Waals surface area contributed by atoms with Crippen LogP contribution in [0.2, 0.25) is 5.02 Å². The van der Waals surface area contributed by atoms with E-state index in [2.05, 4.69) is 20.7 Å². The van der Waals surface area contributed by atoms with Gasteiger partial charge in [0.05, 0.1) is 23.0 Å². The van der Waals surface area contributed by atoms with Gasteiger partial charge < -0.3 is 9.47 Å². The van der Waals surface area contributed by atoms with Crippen molar-refractivity contribution in [1.82, 2.24) is 0 Å². The quantitative estimate of drug-likeness (QED) is 0.605. The molecular weight excluding hydrogens is 338 g/mol. The van der Waals surface area contributed by atoms with Crippen molar-refractivity contribution >= 4 is 33.5 Å². The first-order valence-electron chi connectivity index (χ1n) is 5.86. The Morgan fingerprint density at radius 3 is 2.74 bits per heavy atom. The van der Waals surface area contributed by atoms with Gasteiger partial charge in [0.15, 0.2) is 0 Å². The maximum Gasteiger partial charge on any atom is 0.309 e. The van der Waals surface area contributed by atoms with E-state index < -0.39 is 11.4 Å². The van der Waals surface area contributed by atoms with Crippen LogP contribution in [0.4, 0.5) is 4.39 Å². The van der Waals surface area contributed by atoms with E-state index in [4.69, 9.17) is 16.3 Å². The van der Waals surface area contributed by atoms with E-state index in [1.807, 2.05) is 0 Å². The van der Waals surface area contributed by atoms with E-state index >= 15 is 0 Å². The summed E-state index contributed by atoms with van der Waals surface area (Å²) < 4.78 is 24.5. The van der Waals surface area contributed by atoms with Crippen LogP contribution < -0.4 is 4.74 Å². The second-order valence-electron chi connectivity index (χ2n) is 4.59. The minimum Gasteiger partial charge on any atom is -0.485 e. The molecule has 1 saturated carbocycles. The van der Waals surface area contributed by atoms with Crippen LogP contribution in [-0.4, -0.2) is 18.7 Å². The number of esters is 1. The molecule has 0 spiro atoms. The van der Waals surface area contributed by atoms with Gasteiger partial charge in [0, 0.05) is 6.07 Å². The van der Waals surface area contributed by atoms with E-state index in [1.54, 1.807) is 0 Å². The first-order chi connectivity index (χ1) is 8.96. The summed E-state index contributed by atoms with van der Waals surface area (Å²) in [5.41, 5.74) is -0.587. The molecule has 0 aliphatic heterocycles. The molecule has 0 heterocycles. The number of carbonyl (C=O) groups excluding carboxylic acids is 1. The Bertz CT molecular complexity index is 503. The third-order valence-corrected chi connectivity index (χ3v) is 4.17. The Morgan fingerprint density at radius 2 is 2.21 bits per heavy atom. The van der Waals surface area contributed by atoms with Crippen molar-refractivity contribution in [2.45, 2.75) is 31.3 Å². The van der Waals surface area contributed by atoms with Gasteiger partial charge in [-0.15, -0.1) is 0 Å². The average Bonchev–Trinajstić information content (AvgIpc) is 2.32. The highest BCUT2D eigenvalue weighted by molar-refractivity contribution is 9.10. The van der Waals surface area contributed by atoms with Crippen LogP contribution >= 0.6 is 27.5 Å². The zero-order chi connectivity index (χ0) is 14.0. The van der Waals surface area contributed by atoms with Gasteiger partial charge in [-0.05, 0) is 41.3 Å². The van der Waals surface area contributed by atoms with Crippen molar-refractivity contribution in [2.75, 3.05) is 7.11 Å². The Morgan fingerprint density at radius 1 is 1.53 bits per heavy atom. The lowest BCUT2D eigenvalue weighted by Crippen LogP contribution is -2.45. The minimum atomic E-state index is -0.587. The van der Waals surface area contributed by atoms with Gasteiger partial charge in [0.1, 0.15) is 17.2 Å². The van der Waals surface area contributed by atoms with Gasteiger partial charge in [-0.25, -0.2) is 4.39 Å². The molecule has 0 N–H and O–H groups in total. The third-order valence-electron chi connectivity index (χ3n) is 3.26. The lowest BCUT2D eigenvalue weighted by Gasteiger charge is -2.41. The second-order valence-corrected chi connectivity index (χ2v) is 5.85. The maximum absolute atomic E-state index is 13.5. The summed E-state index contributed by atoms with van der Waals surface area (Å²) in [5, 5.41) is 0.0230. The Labute approximate surface area is 124 Å². The van der Waals surface area contributed by atoms with Crippen molar-refractivity contribution in [3.8, 4) is 5.75 Å². The van der Waals surface area contributed by atoms with Crippen LogP contribution in [0.5, 0.6) is 5.75 Å². The minimum absolute atomic E-state index is 0.0230. The zero-order valence-corrected chi connectivity index (χ0v) is 12.7. The van der Waals surface area contributed by atoms with E-state index in [9.17, 15) is 9.18 Å². The highest BCUT2D eigenvalue weighted by atomic mass is 79.9. The first-order valence-corrected chi connectivity index (χ1v) is 7.03. The molecule has 6 heteroatoms. The fraction of sp³-hybridized carbons (Fsp3) is 0.462. The molecule has 3 nitrogen and oxygen atoms in total. The standard InChI is InChI=1S/C13H13BrClFO3/c1-18-12(17)7-13(3-2-4-13)19-11-6-10(16)9(15)5-8(11)14/h5-6H,2-4,7H2,1H3. The third kappa shape index (κ3) is 3.20. The van der Waals surface area contributed by atoms with E-state index in [-0.39, 0.29) is 17.4 Å². The van der Waals surface area contributed by atoms with Gasteiger partial charge in [0.25, 0.3) is 0 Å². The summed E-state index contributed by atoms with van der Waals surface area (Å²) in [7, 11) is 1.34. The molecule has 19 heavy (non-hydrogen) atoms. The molecule has 0 bridgehead atoms. The summed E-state index contributed by atoms with van der Waals surface area (Å²) in [5.74, 6) is -0.525. The van der Waals surface area contributed by atoms with Crippen LogP contribution in [0.25, 0.3) is 0 Å². The number of hydrogen-bond acceptors (Lipinski definition) is 3. The maximum atomic E-state index is 13.5. The second kappa shape index (κ2) is 5.67. The monoisotopic (exact) mass is 350 g/mol. The van der Waals surface area contributed by atoms with E-state index in [1.165, 1.54) is 19.2 Å². The highest BCUT2D eigenvalue weighted by Gasteiger charge is 2.42. The highest BCUT2D eigenvalue weighted by Crippen LogP contribution is 2.42. The van der Waals surface area contributed by atoms with Crippen molar-refractivity contribution in [3.63, 3.8) is 0 Å². The molecule has 0 unspecified atom stereocenters. The first kappa shape index (κ1) is 14.6. The molecule has 1 aromatic carbocycles. The number of rotatable bonds is 4. The lowest BCUT2D eigenvalue weighted by atomic mass is 9.77. The van der Waals surface area contributed by atoms with Crippen molar-refractivity contribution in [3.05, 3.63) is 27.4 Å². The Kier molecular flexibility index (Phi) is 4.36. The fourth-order valence-corrected chi connectivity index (χ4v) is 2.76. The van der Waals surface area contributed by atoms with Gasteiger partial charge >= 0.3 is 5.97 Å². The molecule has 0 aromatic heterocycles. The molecule has 0 saturated heterocycles. The lowest BCUT2D eigenvalue weighted by molar-refractivity contribution is -0.148.